The predicted molar refractivity (Wildman–Crippen MR) is 56.2 cm³/mol. The van der Waals surface area contributed by atoms with E-state index in [9.17, 15) is 9.90 Å². The van der Waals surface area contributed by atoms with E-state index < -0.39 is 11.6 Å². The molecule has 1 unspecified atom stereocenters. The van der Waals surface area contributed by atoms with Gasteiger partial charge < -0.3 is 14.6 Å². The Hall–Kier alpha value is -1.33. The second kappa shape index (κ2) is 3.92. The van der Waals surface area contributed by atoms with Gasteiger partial charge in [0.2, 0.25) is 5.76 Å². The van der Waals surface area contributed by atoms with E-state index in [1.807, 2.05) is 4.90 Å². The number of β-amino-alcohol motifs (C(OH)–C–C–N with tert-alkyl or cyclic N) is 1. The van der Waals surface area contributed by atoms with Gasteiger partial charge in [-0.05, 0) is 25.5 Å². The first-order chi connectivity index (χ1) is 7.46. The molecule has 1 saturated heterocycles. The van der Waals surface area contributed by atoms with Crippen molar-refractivity contribution >= 4 is 5.97 Å². The molecule has 2 N–H and O–H groups in total. The highest BCUT2D eigenvalue weighted by atomic mass is 16.4. The van der Waals surface area contributed by atoms with Gasteiger partial charge in [0.15, 0.2) is 0 Å². The summed E-state index contributed by atoms with van der Waals surface area (Å²) in [5, 5.41) is 18.5. The number of rotatable bonds is 3. The van der Waals surface area contributed by atoms with E-state index in [0.717, 1.165) is 13.0 Å². The summed E-state index contributed by atoms with van der Waals surface area (Å²) in [4.78, 5) is 12.7. The van der Waals surface area contributed by atoms with Crippen LogP contribution in [0, 0.1) is 0 Å². The van der Waals surface area contributed by atoms with E-state index in [1.54, 1.807) is 13.0 Å². The molecule has 16 heavy (non-hydrogen) atoms. The minimum Gasteiger partial charge on any atom is -0.475 e. The molecule has 0 aromatic carbocycles. The highest BCUT2D eigenvalue weighted by molar-refractivity contribution is 5.84. The molecule has 2 rings (SSSR count). The molecule has 0 saturated carbocycles. The summed E-state index contributed by atoms with van der Waals surface area (Å²) in [7, 11) is 0. The van der Waals surface area contributed by atoms with E-state index in [-0.39, 0.29) is 5.76 Å². The van der Waals surface area contributed by atoms with Crippen LogP contribution in [0.2, 0.25) is 0 Å². The lowest BCUT2D eigenvalue weighted by atomic mass is 10.1. The van der Waals surface area contributed by atoms with Crippen molar-refractivity contribution in [3.63, 3.8) is 0 Å². The smallest absolute Gasteiger partial charge is 0.371 e. The molecular weight excluding hydrogens is 210 g/mol. The zero-order valence-electron chi connectivity index (χ0n) is 9.14. The summed E-state index contributed by atoms with van der Waals surface area (Å²) >= 11 is 0. The number of hydrogen-bond donors (Lipinski definition) is 2. The van der Waals surface area contributed by atoms with Gasteiger partial charge in [-0.1, -0.05) is 0 Å². The van der Waals surface area contributed by atoms with E-state index in [2.05, 4.69) is 0 Å². The number of aliphatic hydroxyl groups is 1. The van der Waals surface area contributed by atoms with E-state index in [1.165, 1.54) is 6.07 Å². The lowest BCUT2D eigenvalue weighted by molar-refractivity contribution is 0.0635. The lowest BCUT2D eigenvalue weighted by Gasteiger charge is -2.17. The van der Waals surface area contributed by atoms with Crippen molar-refractivity contribution in [3.8, 4) is 0 Å². The van der Waals surface area contributed by atoms with Crippen LogP contribution in [0.1, 0.15) is 29.7 Å². The van der Waals surface area contributed by atoms with Gasteiger partial charge in [-0.3, -0.25) is 4.90 Å². The van der Waals surface area contributed by atoms with Gasteiger partial charge in [0, 0.05) is 13.1 Å². The van der Waals surface area contributed by atoms with Crippen LogP contribution in [-0.2, 0) is 6.54 Å². The van der Waals surface area contributed by atoms with Crippen LogP contribution in [0.5, 0.6) is 0 Å². The maximum Gasteiger partial charge on any atom is 0.371 e. The average molecular weight is 225 g/mol. The molecule has 1 aliphatic heterocycles. The Balaban J connectivity index is 1.97. The minimum absolute atomic E-state index is 0.0408. The molecule has 1 atom stereocenters. The molecule has 1 aromatic rings. The molecule has 2 heterocycles. The number of aromatic carboxylic acids is 1. The first-order valence-corrected chi connectivity index (χ1v) is 5.23. The molecule has 0 aliphatic carbocycles. The highest BCUT2D eigenvalue weighted by Crippen LogP contribution is 2.22. The topological polar surface area (TPSA) is 73.9 Å². The Morgan fingerprint density at radius 1 is 1.62 bits per heavy atom. The van der Waals surface area contributed by atoms with Crippen molar-refractivity contribution in [2.75, 3.05) is 13.1 Å². The second-order valence-electron chi connectivity index (χ2n) is 4.53. The molecule has 1 aliphatic rings. The predicted octanol–water partition coefficient (Wildman–Crippen LogP) is 0.935. The molecule has 0 radical (unpaired) electrons. The Bertz CT molecular complexity index is 396. The van der Waals surface area contributed by atoms with Crippen molar-refractivity contribution in [1.29, 1.82) is 0 Å². The Morgan fingerprint density at radius 3 is 2.88 bits per heavy atom. The van der Waals surface area contributed by atoms with E-state index in [4.69, 9.17) is 9.52 Å². The number of hydrogen-bond acceptors (Lipinski definition) is 4. The first kappa shape index (κ1) is 11.2. The summed E-state index contributed by atoms with van der Waals surface area (Å²) in [5.41, 5.74) is -0.637. The summed E-state index contributed by atoms with van der Waals surface area (Å²) in [6, 6.07) is 3.11. The normalized spacial score (nSPS) is 26.1. The van der Waals surface area contributed by atoms with Gasteiger partial charge in [-0.25, -0.2) is 4.79 Å². The van der Waals surface area contributed by atoms with E-state index in [0.29, 0.717) is 18.8 Å². The average Bonchev–Trinajstić information content (AvgIpc) is 2.73. The number of carboxylic acids is 1. The molecule has 0 bridgehead atoms. The molecule has 1 aromatic heterocycles. The third kappa shape index (κ3) is 2.43. The van der Waals surface area contributed by atoms with Crippen molar-refractivity contribution in [2.45, 2.75) is 25.5 Å². The molecule has 0 spiro atoms. The number of nitrogens with zero attached hydrogens (tertiary/aromatic N) is 1. The molecule has 5 heteroatoms. The fourth-order valence-corrected chi connectivity index (χ4v) is 1.97. The number of furan rings is 1. The quantitative estimate of drug-likeness (QED) is 0.800. The third-order valence-corrected chi connectivity index (χ3v) is 2.78. The second-order valence-corrected chi connectivity index (χ2v) is 4.53. The summed E-state index contributed by atoms with van der Waals surface area (Å²) in [6.07, 6.45) is 0.736. The molecule has 0 amide bonds. The lowest BCUT2D eigenvalue weighted by Crippen LogP contribution is -2.29. The molecular formula is C11H15NO4. The van der Waals surface area contributed by atoms with Crippen molar-refractivity contribution in [2.24, 2.45) is 0 Å². The van der Waals surface area contributed by atoms with Crippen LogP contribution in [0.4, 0.5) is 0 Å². The van der Waals surface area contributed by atoms with Crippen LogP contribution in [0.25, 0.3) is 0 Å². The van der Waals surface area contributed by atoms with Crippen molar-refractivity contribution in [1.82, 2.24) is 4.90 Å². The van der Waals surface area contributed by atoms with Crippen LogP contribution in [0.3, 0.4) is 0 Å². The Kier molecular flexibility index (Phi) is 2.73. The maximum absolute atomic E-state index is 10.6. The Morgan fingerprint density at radius 2 is 2.38 bits per heavy atom. The fourth-order valence-electron chi connectivity index (χ4n) is 1.97. The SMILES string of the molecule is CC1(O)CCN(Cc2ccc(C(=O)O)o2)C1. The number of likely N-dealkylation sites (tertiary alicyclic amines) is 1. The van der Waals surface area contributed by atoms with Gasteiger partial charge in [-0.2, -0.15) is 0 Å². The van der Waals surface area contributed by atoms with Crippen molar-refractivity contribution in [3.05, 3.63) is 23.7 Å². The van der Waals surface area contributed by atoms with Crippen LogP contribution < -0.4 is 0 Å². The Labute approximate surface area is 93.3 Å². The third-order valence-electron chi connectivity index (χ3n) is 2.78. The summed E-state index contributed by atoms with van der Waals surface area (Å²) in [6.45, 7) is 3.74. The van der Waals surface area contributed by atoms with Gasteiger partial charge in [-0.15, -0.1) is 0 Å². The summed E-state index contributed by atoms with van der Waals surface area (Å²) in [5.74, 6) is -0.476. The molecule has 1 fully saturated rings. The van der Waals surface area contributed by atoms with Gasteiger partial charge in [0.05, 0.1) is 12.1 Å². The van der Waals surface area contributed by atoms with Crippen molar-refractivity contribution < 1.29 is 19.4 Å². The van der Waals surface area contributed by atoms with Crippen LogP contribution in [0.15, 0.2) is 16.5 Å². The van der Waals surface area contributed by atoms with Gasteiger partial charge in [0.25, 0.3) is 0 Å². The van der Waals surface area contributed by atoms with Gasteiger partial charge >= 0.3 is 5.97 Å². The number of carboxylic acid groups (broad SMARTS) is 1. The van der Waals surface area contributed by atoms with E-state index >= 15 is 0 Å². The highest BCUT2D eigenvalue weighted by Gasteiger charge is 2.31. The zero-order chi connectivity index (χ0) is 11.8. The molecule has 88 valence electrons. The standard InChI is InChI=1S/C11H15NO4/c1-11(15)4-5-12(7-11)6-8-2-3-9(16-8)10(13)14/h2-3,15H,4-7H2,1H3,(H,13,14). The van der Waals surface area contributed by atoms with Gasteiger partial charge in [0.1, 0.15) is 5.76 Å². The monoisotopic (exact) mass is 225 g/mol. The minimum atomic E-state index is -1.06. The zero-order valence-corrected chi connectivity index (χ0v) is 9.14. The first-order valence-electron chi connectivity index (χ1n) is 5.23. The maximum atomic E-state index is 10.6. The largest absolute Gasteiger partial charge is 0.475 e. The number of carbonyl (C=O) groups is 1. The summed E-state index contributed by atoms with van der Waals surface area (Å²) < 4.78 is 5.15. The molecule has 5 nitrogen and oxygen atoms in total. The fraction of sp³-hybridized carbons (Fsp3) is 0.545. The van der Waals surface area contributed by atoms with Crippen LogP contribution in [-0.4, -0.2) is 39.8 Å². The van der Waals surface area contributed by atoms with Crippen LogP contribution >= 0.6 is 0 Å².